The Morgan fingerprint density at radius 1 is 0.220 bits per heavy atom. The zero-order valence-electron chi connectivity index (χ0n) is 72.7. The predicted octanol–water partition coefficient (Wildman–Crippen LogP) is 18.2. The lowest BCUT2D eigenvalue weighted by Crippen LogP contribution is -2.44. The van der Waals surface area contributed by atoms with Crippen LogP contribution in [0.1, 0.15) is 155 Å². The summed E-state index contributed by atoms with van der Waals surface area (Å²) >= 11 is 0. The van der Waals surface area contributed by atoms with Crippen molar-refractivity contribution >= 4 is 53.7 Å². The first-order chi connectivity index (χ1) is 64.2. The average molecular weight is 1780 g/mol. The lowest BCUT2D eigenvalue weighted by atomic mass is 10.0. The van der Waals surface area contributed by atoms with Crippen molar-refractivity contribution in [2.24, 2.45) is 0 Å². The first-order valence-electron chi connectivity index (χ1n) is 41.4. The molecule has 13 aromatic rings. The van der Waals surface area contributed by atoms with Gasteiger partial charge in [0.15, 0.2) is 6.10 Å². The molecule has 0 spiro atoms. The zero-order valence-corrected chi connectivity index (χ0v) is 72.7. The molecule has 1 amide bonds. The Morgan fingerprint density at radius 2 is 0.432 bits per heavy atom. The smallest absolute Gasteiger partial charge is 0.338 e. The Hall–Kier alpha value is -16.7. The summed E-state index contributed by atoms with van der Waals surface area (Å²) in [6.07, 6.45) is -1.31. The fourth-order valence-corrected chi connectivity index (χ4v) is 13.3. The van der Waals surface area contributed by atoms with Crippen LogP contribution in [-0.4, -0.2) is 109 Å². The van der Waals surface area contributed by atoms with Gasteiger partial charge < -0.3 is 85.8 Å². The highest BCUT2D eigenvalue weighted by Crippen LogP contribution is 2.33. The van der Waals surface area contributed by atoms with Gasteiger partial charge >= 0.3 is 47.8 Å². The maximum Gasteiger partial charge on any atom is 0.338 e. The summed E-state index contributed by atoms with van der Waals surface area (Å²) in [4.78, 5) is 117. The van der Waals surface area contributed by atoms with Gasteiger partial charge in [0.2, 0.25) is 0 Å². The second kappa shape index (κ2) is 46.1. The molecule has 27 nitrogen and oxygen atoms in total. The number of carbonyl (C=O) groups excluding carboxylic acids is 9. The lowest BCUT2D eigenvalue weighted by molar-refractivity contribution is 0.00475. The van der Waals surface area contributed by atoms with Gasteiger partial charge in [0.25, 0.3) is 5.91 Å². The Balaban J connectivity index is 0.720. The van der Waals surface area contributed by atoms with Crippen LogP contribution >= 0.6 is 0 Å². The number of rotatable bonds is 42. The van der Waals surface area contributed by atoms with Gasteiger partial charge in [-0.3, -0.25) is 4.79 Å². The summed E-state index contributed by atoms with van der Waals surface area (Å²) in [5.74, 6) is -1.30. The third-order valence-corrected chi connectivity index (χ3v) is 20.5. The van der Waals surface area contributed by atoms with Crippen molar-refractivity contribution in [2.75, 3.05) is 49.3 Å². The Kier molecular flexibility index (Phi) is 32.5. The molecule has 0 heterocycles. The van der Waals surface area contributed by atoms with E-state index in [2.05, 4.69) is 5.32 Å². The van der Waals surface area contributed by atoms with Gasteiger partial charge in [-0.15, -0.1) is 0 Å². The van der Waals surface area contributed by atoms with E-state index in [0.29, 0.717) is 107 Å². The molecule has 0 radical (unpaired) electrons. The fraction of sp³-hybridized carbons (Fsp3) is 0.171. The number of nitrogens with one attached hydrogen (secondary N) is 1. The molecule has 13 aromatic carbocycles. The average Bonchev–Trinajstić information content (AvgIpc) is 0.826. The van der Waals surface area contributed by atoms with Gasteiger partial charge in [-0.1, -0.05) is 103 Å². The van der Waals surface area contributed by atoms with Crippen LogP contribution in [0.3, 0.4) is 0 Å². The molecule has 0 fully saturated rings. The van der Waals surface area contributed by atoms with Crippen molar-refractivity contribution < 1.29 is 124 Å². The normalized spacial score (nSPS) is 11.2. The number of hydrogen-bond donors (Lipinski definition) is 1. The minimum Gasteiger partial charge on any atom is -0.489 e. The standard InChI is InChI=1S/C105H91NO26/c1-116-98(108)78-24-12-67(13-25-78)57-125-89-48-73(49-90(54-89)126-58-68-14-26-79(27-15-68)99(109)117-2)63-122-86-42-36-77(37-43-86)97(107)106-95(66-131-104(114)84-38-44-87(45-39-84)123-64-74-50-91(127-59-69-16-28-80(29-17-69)100(110)118-3)55-92(51-74)128-60-70-18-30-81(31-19-70)101(111)119-4)96(76-10-8-7-9-11-76)132-105(115)85-40-46-88(47-41-85)124-65-75-52-93(129-61-71-20-32-82(33-21-71)102(112)120-5)56-94(53-75)130-62-72-22-34-83(35-23-72)103(113)121-6/h7-56,95-96H,57-66H2,1-6H3,(H,106,107)/t95-,96+/m0/s1. The second-order valence-electron chi connectivity index (χ2n) is 29.7. The van der Waals surface area contributed by atoms with Crippen LogP contribution in [0.15, 0.2) is 303 Å². The second-order valence-corrected chi connectivity index (χ2v) is 29.7. The van der Waals surface area contributed by atoms with Gasteiger partial charge in [-0.25, -0.2) is 38.4 Å². The monoisotopic (exact) mass is 1780 g/mol. The Bertz CT molecular complexity index is 5890. The molecular weight excluding hydrogens is 1690 g/mol. The van der Waals surface area contributed by atoms with Gasteiger partial charge in [0, 0.05) is 23.8 Å². The number of amides is 1. The van der Waals surface area contributed by atoms with Crippen molar-refractivity contribution in [3.8, 4) is 51.7 Å². The molecule has 0 unspecified atom stereocenters. The number of esters is 8. The SMILES string of the molecule is COC(=O)c1ccc(COc2cc(COc3ccc(C(=O)N[C@@H](COC(=O)c4ccc(OCc5cc(OCc6ccc(C(=O)OC)cc6)cc(OCc6ccc(C(=O)OC)cc6)c5)cc4)[C@H](OC(=O)c4ccc(OCc5cc(OCc6ccc(C(=O)OC)cc6)cc(OCc6ccc(C(=O)OC)cc6)c5)cc4)c4ccccc4)cc3)cc(OCc3ccc(C(=O)OC)cc3)c2)cc1. The highest BCUT2D eigenvalue weighted by Gasteiger charge is 2.32. The van der Waals surface area contributed by atoms with Crippen molar-refractivity contribution in [3.63, 3.8) is 0 Å². The molecule has 2 atom stereocenters. The lowest BCUT2D eigenvalue weighted by Gasteiger charge is -2.28. The third kappa shape index (κ3) is 26.7. The van der Waals surface area contributed by atoms with Crippen LogP contribution in [-0.2, 0) is 97.4 Å². The van der Waals surface area contributed by atoms with E-state index in [1.807, 2.05) is 0 Å². The van der Waals surface area contributed by atoms with Crippen LogP contribution in [0.25, 0.3) is 0 Å². The van der Waals surface area contributed by atoms with Gasteiger partial charge in [-0.05, 0) is 238 Å². The molecule has 132 heavy (non-hydrogen) atoms. The zero-order chi connectivity index (χ0) is 92.7. The molecule has 0 saturated heterocycles. The van der Waals surface area contributed by atoms with Gasteiger partial charge in [-0.2, -0.15) is 0 Å². The van der Waals surface area contributed by atoms with Crippen LogP contribution in [0.4, 0.5) is 0 Å². The molecule has 0 aliphatic rings. The molecule has 0 aromatic heterocycles. The first-order valence-corrected chi connectivity index (χ1v) is 41.4. The fourth-order valence-electron chi connectivity index (χ4n) is 13.3. The van der Waals surface area contributed by atoms with E-state index in [-0.39, 0.29) is 76.2 Å². The number of methoxy groups -OCH3 is 6. The molecule has 0 bridgehead atoms. The minimum atomic E-state index is -1.31. The van der Waals surface area contributed by atoms with E-state index in [1.165, 1.54) is 66.9 Å². The molecule has 0 aliphatic carbocycles. The van der Waals surface area contributed by atoms with Crippen molar-refractivity contribution in [2.45, 2.75) is 71.6 Å². The molecule has 0 aliphatic heterocycles. The topological polar surface area (TPSA) is 323 Å². The summed E-state index contributed by atoms with van der Waals surface area (Å²) < 4.78 is 98.2. The van der Waals surface area contributed by atoms with E-state index in [9.17, 15) is 43.2 Å². The van der Waals surface area contributed by atoms with E-state index in [4.69, 9.17) is 80.5 Å². The maximum absolute atomic E-state index is 14.9. The number of ether oxygens (including phenoxy) is 17. The summed E-state index contributed by atoms with van der Waals surface area (Å²) in [5, 5.41) is 3.01. The van der Waals surface area contributed by atoms with Gasteiger partial charge in [0.1, 0.15) is 124 Å². The first kappa shape index (κ1) is 92.9. The number of hydrogen-bond acceptors (Lipinski definition) is 26. The third-order valence-electron chi connectivity index (χ3n) is 20.5. The van der Waals surface area contributed by atoms with E-state index >= 15 is 0 Å². The van der Waals surface area contributed by atoms with Crippen LogP contribution in [0.5, 0.6) is 51.7 Å². The van der Waals surface area contributed by atoms with Gasteiger partial charge in [0.05, 0.1) is 87.2 Å². The largest absolute Gasteiger partial charge is 0.489 e. The summed E-state index contributed by atoms with van der Waals surface area (Å²) in [6, 6.07) is 82.9. The van der Waals surface area contributed by atoms with E-state index in [0.717, 1.165) is 33.4 Å². The molecule has 672 valence electrons. The van der Waals surface area contributed by atoms with Crippen molar-refractivity contribution in [1.82, 2.24) is 5.32 Å². The molecular formula is C105H91NO26. The van der Waals surface area contributed by atoms with Crippen LogP contribution < -0.4 is 47.9 Å². The highest BCUT2D eigenvalue weighted by molar-refractivity contribution is 5.96. The molecule has 0 saturated carbocycles. The van der Waals surface area contributed by atoms with Crippen LogP contribution in [0.2, 0.25) is 0 Å². The Labute approximate surface area is 760 Å². The predicted molar refractivity (Wildman–Crippen MR) is 480 cm³/mol. The summed E-state index contributed by atoms with van der Waals surface area (Å²) in [5.41, 5.74) is 9.68. The quantitative estimate of drug-likeness (QED) is 0.0274. The van der Waals surface area contributed by atoms with Crippen molar-refractivity contribution in [1.29, 1.82) is 0 Å². The number of carbonyl (C=O) groups is 9. The van der Waals surface area contributed by atoms with E-state index < -0.39 is 72.4 Å². The summed E-state index contributed by atoms with van der Waals surface area (Å²) in [7, 11) is 7.86. The molecule has 27 heteroatoms. The summed E-state index contributed by atoms with van der Waals surface area (Å²) in [6.45, 7) is 0.316. The minimum absolute atomic E-state index is 0.00796. The van der Waals surface area contributed by atoms with E-state index in [1.54, 1.807) is 279 Å². The molecule has 1 N–H and O–H groups in total. The molecule has 13 rings (SSSR count). The number of benzene rings is 13. The Morgan fingerprint density at radius 3 is 0.682 bits per heavy atom. The maximum atomic E-state index is 14.9. The highest BCUT2D eigenvalue weighted by atomic mass is 16.6. The van der Waals surface area contributed by atoms with Crippen LogP contribution in [0, 0.1) is 0 Å². The van der Waals surface area contributed by atoms with Crippen molar-refractivity contribution in [3.05, 3.63) is 409 Å².